The van der Waals surface area contributed by atoms with Crippen molar-refractivity contribution in [2.45, 2.75) is 13.5 Å². The van der Waals surface area contributed by atoms with Crippen molar-refractivity contribution in [2.75, 3.05) is 5.32 Å². The summed E-state index contributed by atoms with van der Waals surface area (Å²) in [7, 11) is 0. The zero-order valence-corrected chi connectivity index (χ0v) is 10.6. The van der Waals surface area contributed by atoms with E-state index in [2.05, 4.69) is 5.32 Å². The minimum Gasteiger partial charge on any atom is -0.455 e. The van der Waals surface area contributed by atoms with Crippen molar-refractivity contribution >= 4 is 23.2 Å². The zero-order chi connectivity index (χ0) is 13.1. The van der Waals surface area contributed by atoms with Crippen LogP contribution in [0.5, 0.6) is 0 Å². The minimum absolute atomic E-state index is 0.241. The van der Waals surface area contributed by atoms with Crippen LogP contribution in [0.2, 0.25) is 5.02 Å². The van der Waals surface area contributed by atoms with E-state index in [1.54, 1.807) is 30.3 Å². The quantitative estimate of drug-likeness (QED) is 0.896. The van der Waals surface area contributed by atoms with Gasteiger partial charge in [-0.3, -0.25) is 4.79 Å². The Kier molecular flexibility index (Phi) is 3.69. The van der Waals surface area contributed by atoms with Crippen LogP contribution in [0.15, 0.2) is 34.7 Å². The summed E-state index contributed by atoms with van der Waals surface area (Å²) >= 11 is 5.85. The Hall–Kier alpha value is -1.78. The molecular formula is C13H13ClN2O2. The molecular weight excluding hydrogens is 252 g/mol. The SMILES string of the molecule is Cc1cc(Cl)ccc1NC(=O)c1ccc(CN)o1. The number of furan rings is 1. The van der Waals surface area contributed by atoms with Gasteiger partial charge < -0.3 is 15.5 Å². The van der Waals surface area contributed by atoms with Gasteiger partial charge in [-0.1, -0.05) is 11.6 Å². The first-order valence-electron chi connectivity index (χ1n) is 5.46. The molecule has 0 unspecified atom stereocenters. The van der Waals surface area contributed by atoms with Crippen LogP contribution in [-0.4, -0.2) is 5.91 Å². The van der Waals surface area contributed by atoms with Crippen LogP contribution in [0, 0.1) is 6.92 Å². The number of halogens is 1. The molecule has 0 saturated carbocycles. The molecule has 0 atom stereocenters. The summed E-state index contributed by atoms with van der Waals surface area (Å²) in [5.41, 5.74) is 7.01. The Morgan fingerprint density at radius 2 is 2.17 bits per heavy atom. The first-order chi connectivity index (χ1) is 8.60. The normalized spacial score (nSPS) is 10.4. The molecule has 0 fully saturated rings. The number of benzene rings is 1. The second-order valence-corrected chi connectivity index (χ2v) is 4.32. The molecule has 0 aliphatic rings. The third-order valence-corrected chi connectivity index (χ3v) is 2.76. The van der Waals surface area contributed by atoms with E-state index in [-0.39, 0.29) is 18.2 Å². The molecule has 0 saturated heterocycles. The zero-order valence-electron chi connectivity index (χ0n) is 9.87. The van der Waals surface area contributed by atoms with Gasteiger partial charge in [0.25, 0.3) is 5.91 Å². The van der Waals surface area contributed by atoms with E-state index < -0.39 is 0 Å². The lowest BCUT2D eigenvalue weighted by Crippen LogP contribution is -2.11. The Balaban J connectivity index is 2.16. The molecule has 0 aliphatic heterocycles. The number of nitrogens with two attached hydrogens (primary N) is 1. The van der Waals surface area contributed by atoms with Gasteiger partial charge in [0.05, 0.1) is 6.54 Å². The van der Waals surface area contributed by atoms with Crippen molar-refractivity contribution in [1.29, 1.82) is 0 Å². The summed E-state index contributed by atoms with van der Waals surface area (Å²) in [5, 5.41) is 3.39. The number of nitrogens with one attached hydrogen (secondary N) is 1. The van der Waals surface area contributed by atoms with Gasteiger partial charge in [0.15, 0.2) is 5.76 Å². The molecule has 2 aromatic rings. The summed E-state index contributed by atoms with van der Waals surface area (Å²) in [6.45, 7) is 2.14. The fraction of sp³-hybridized carbons (Fsp3) is 0.154. The van der Waals surface area contributed by atoms with E-state index in [4.69, 9.17) is 21.8 Å². The third kappa shape index (κ3) is 2.72. The second kappa shape index (κ2) is 5.25. The van der Waals surface area contributed by atoms with Crippen LogP contribution in [-0.2, 0) is 6.54 Å². The molecule has 1 aromatic carbocycles. The highest BCUT2D eigenvalue weighted by Crippen LogP contribution is 2.20. The number of amides is 1. The lowest BCUT2D eigenvalue weighted by atomic mass is 10.2. The Morgan fingerprint density at radius 1 is 1.39 bits per heavy atom. The van der Waals surface area contributed by atoms with Gasteiger partial charge in [0, 0.05) is 10.7 Å². The fourth-order valence-corrected chi connectivity index (χ4v) is 1.79. The number of aryl methyl sites for hydroxylation is 1. The molecule has 3 N–H and O–H groups in total. The molecule has 0 radical (unpaired) electrons. The lowest BCUT2D eigenvalue weighted by molar-refractivity contribution is 0.0995. The van der Waals surface area contributed by atoms with Crippen LogP contribution >= 0.6 is 11.6 Å². The number of carbonyl (C=O) groups excluding carboxylic acids is 1. The highest BCUT2D eigenvalue weighted by Gasteiger charge is 2.12. The maximum atomic E-state index is 11.9. The lowest BCUT2D eigenvalue weighted by Gasteiger charge is -2.07. The number of hydrogen-bond acceptors (Lipinski definition) is 3. The predicted molar refractivity (Wildman–Crippen MR) is 70.7 cm³/mol. The molecule has 2 rings (SSSR count). The minimum atomic E-state index is -0.305. The molecule has 18 heavy (non-hydrogen) atoms. The van der Waals surface area contributed by atoms with E-state index in [1.807, 2.05) is 6.92 Å². The largest absolute Gasteiger partial charge is 0.455 e. The average molecular weight is 265 g/mol. The first kappa shape index (κ1) is 12.7. The molecule has 94 valence electrons. The monoisotopic (exact) mass is 264 g/mol. The summed E-state index contributed by atoms with van der Waals surface area (Å²) in [6.07, 6.45) is 0. The van der Waals surface area contributed by atoms with Gasteiger partial charge in [-0.15, -0.1) is 0 Å². The molecule has 1 heterocycles. The molecule has 0 bridgehead atoms. The topological polar surface area (TPSA) is 68.3 Å². The summed E-state index contributed by atoms with van der Waals surface area (Å²) in [4.78, 5) is 11.9. The van der Waals surface area contributed by atoms with Crippen LogP contribution < -0.4 is 11.1 Å². The number of rotatable bonds is 3. The van der Waals surface area contributed by atoms with Crippen molar-refractivity contribution in [3.05, 3.63) is 52.4 Å². The standard InChI is InChI=1S/C13H13ClN2O2/c1-8-6-9(14)2-4-11(8)16-13(17)12-5-3-10(7-15)18-12/h2-6H,7,15H2,1H3,(H,16,17). The fourth-order valence-electron chi connectivity index (χ4n) is 1.56. The van der Waals surface area contributed by atoms with Gasteiger partial charge in [0.1, 0.15) is 5.76 Å². The van der Waals surface area contributed by atoms with Crippen LogP contribution in [0.3, 0.4) is 0 Å². The van der Waals surface area contributed by atoms with Gasteiger partial charge in [-0.25, -0.2) is 0 Å². The van der Waals surface area contributed by atoms with E-state index >= 15 is 0 Å². The van der Waals surface area contributed by atoms with Crippen molar-refractivity contribution in [2.24, 2.45) is 5.73 Å². The Morgan fingerprint density at radius 3 is 2.78 bits per heavy atom. The summed E-state index contributed by atoms with van der Waals surface area (Å²) in [6, 6.07) is 8.54. The maximum absolute atomic E-state index is 11.9. The van der Waals surface area contributed by atoms with E-state index in [0.29, 0.717) is 16.5 Å². The Labute approximate surface area is 110 Å². The van der Waals surface area contributed by atoms with E-state index in [9.17, 15) is 4.79 Å². The highest BCUT2D eigenvalue weighted by molar-refractivity contribution is 6.30. The Bertz CT molecular complexity index is 578. The van der Waals surface area contributed by atoms with Gasteiger partial charge in [-0.2, -0.15) is 0 Å². The average Bonchev–Trinajstić information content (AvgIpc) is 2.81. The molecule has 0 aliphatic carbocycles. The second-order valence-electron chi connectivity index (χ2n) is 3.88. The van der Waals surface area contributed by atoms with Crippen LogP contribution in [0.4, 0.5) is 5.69 Å². The first-order valence-corrected chi connectivity index (χ1v) is 5.84. The van der Waals surface area contributed by atoms with Gasteiger partial charge >= 0.3 is 0 Å². The van der Waals surface area contributed by atoms with E-state index in [0.717, 1.165) is 5.56 Å². The number of anilines is 1. The molecule has 1 amide bonds. The highest BCUT2D eigenvalue weighted by atomic mass is 35.5. The van der Waals surface area contributed by atoms with Gasteiger partial charge in [-0.05, 0) is 42.8 Å². The number of hydrogen-bond donors (Lipinski definition) is 2. The smallest absolute Gasteiger partial charge is 0.291 e. The van der Waals surface area contributed by atoms with Crippen molar-refractivity contribution in [1.82, 2.24) is 0 Å². The molecule has 5 heteroatoms. The van der Waals surface area contributed by atoms with Gasteiger partial charge in [0.2, 0.25) is 0 Å². The number of carbonyl (C=O) groups is 1. The van der Waals surface area contributed by atoms with Crippen LogP contribution in [0.1, 0.15) is 21.9 Å². The predicted octanol–water partition coefficient (Wildman–Crippen LogP) is 2.95. The maximum Gasteiger partial charge on any atom is 0.291 e. The summed E-state index contributed by atoms with van der Waals surface area (Å²) < 4.78 is 5.27. The van der Waals surface area contributed by atoms with Crippen molar-refractivity contribution < 1.29 is 9.21 Å². The summed E-state index contributed by atoms with van der Waals surface area (Å²) in [5.74, 6) is 0.512. The van der Waals surface area contributed by atoms with Crippen molar-refractivity contribution in [3.8, 4) is 0 Å². The molecule has 4 nitrogen and oxygen atoms in total. The van der Waals surface area contributed by atoms with Crippen LogP contribution in [0.25, 0.3) is 0 Å². The third-order valence-electron chi connectivity index (χ3n) is 2.52. The molecule has 0 spiro atoms. The van der Waals surface area contributed by atoms with E-state index in [1.165, 1.54) is 0 Å². The molecule has 1 aromatic heterocycles. The van der Waals surface area contributed by atoms with Crippen molar-refractivity contribution in [3.63, 3.8) is 0 Å².